The van der Waals surface area contributed by atoms with E-state index in [0.717, 1.165) is 17.6 Å². The van der Waals surface area contributed by atoms with Gasteiger partial charge in [0.25, 0.3) is 0 Å². The molecule has 2 aromatic heterocycles. The Balaban J connectivity index is 1.88. The molecule has 2 aromatic rings. The Bertz CT molecular complexity index is 866. The number of carbonyl (C=O) groups is 4. The molecule has 0 saturated carbocycles. The van der Waals surface area contributed by atoms with Gasteiger partial charge in [-0.1, -0.05) is 6.07 Å². The van der Waals surface area contributed by atoms with E-state index in [1.54, 1.807) is 17.5 Å². The predicted molar refractivity (Wildman–Crippen MR) is 101 cm³/mol. The molecule has 0 fully saturated rings. The first-order chi connectivity index (χ1) is 13.4. The number of hydrogen-bond donors (Lipinski definition) is 2. The number of carboxylic acid groups (broad SMARTS) is 2. The lowest BCUT2D eigenvalue weighted by atomic mass is 10.0. The molecule has 8 nitrogen and oxygen atoms in total. The van der Waals surface area contributed by atoms with E-state index in [4.69, 9.17) is 9.84 Å². The number of thiophene rings is 2. The lowest BCUT2D eigenvalue weighted by Gasteiger charge is -2.10. The first-order valence-electron chi connectivity index (χ1n) is 8.02. The fraction of sp³-hybridized carbons (Fsp3) is 0.222. The van der Waals surface area contributed by atoms with Crippen molar-refractivity contribution in [3.8, 4) is 0 Å². The largest absolute Gasteiger partial charge is 0.481 e. The van der Waals surface area contributed by atoms with E-state index in [1.165, 1.54) is 23.5 Å². The molecule has 1 atom stereocenters. The molecule has 0 radical (unpaired) electrons. The third-order valence-electron chi connectivity index (χ3n) is 3.45. The zero-order valence-electron chi connectivity index (χ0n) is 14.4. The molecule has 0 aliphatic rings. The third kappa shape index (κ3) is 6.32. The van der Waals surface area contributed by atoms with Crippen LogP contribution in [0.15, 0.2) is 42.0 Å². The minimum absolute atomic E-state index is 0.0841. The van der Waals surface area contributed by atoms with Crippen molar-refractivity contribution in [2.45, 2.75) is 18.8 Å². The molecule has 2 N–H and O–H groups in total. The van der Waals surface area contributed by atoms with Crippen LogP contribution in [0.1, 0.15) is 43.0 Å². The van der Waals surface area contributed by atoms with Crippen LogP contribution in [0, 0.1) is 0 Å². The smallest absolute Gasteiger partial charge is 0.353 e. The van der Waals surface area contributed by atoms with E-state index in [2.05, 4.69) is 4.74 Å². The summed E-state index contributed by atoms with van der Waals surface area (Å²) in [6.45, 7) is 0.0841. The van der Waals surface area contributed by atoms with Crippen LogP contribution < -0.4 is 0 Å². The topological polar surface area (TPSA) is 127 Å². The highest BCUT2D eigenvalue weighted by Crippen LogP contribution is 2.29. The van der Waals surface area contributed by atoms with Gasteiger partial charge in [-0.25, -0.2) is 14.4 Å². The first-order valence-corrected chi connectivity index (χ1v) is 9.71. The number of carboxylic acids is 2. The molecule has 0 aromatic carbocycles. The summed E-state index contributed by atoms with van der Waals surface area (Å²) < 4.78 is 9.77. The Morgan fingerprint density at radius 3 is 2.50 bits per heavy atom. The van der Waals surface area contributed by atoms with Gasteiger partial charge in [-0.15, -0.1) is 22.7 Å². The summed E-state index contributed by atoms with van der Waals surface area (Å²) in [5, 5.41) is 19.7. The van der Waals surface area contributed by atoms with Gasteiger partial charge in [0.2, 0.25) is 0 Å². The van der Waals surface area contributed by atoms with Crippen molar-refractivity contribution in [1.82, 2.24) is 0 Å². The Morgan fingerprint density at radius 2 is 1.86 bits per heavy atom. The Labute approximate surface area is 167 Å². The van der Waals surface area contributed by atoms with E-state index in [-0.39, 0.29) is 17.9 Å². The average Bonchev–Trinajstić information content (AvgIpc) is 3.32. The highest BCUT2D eigenvalue weighted by atomic mass is 32.1. The van der Waals surface area contributed by atoms with Crippen molar-refractivity contribution in [2.24, 2.45) is 0 Å². The highest BCUT2D eigenvalue weighted by molar-refractivity contribution is 7.14. The number of esters is 2. The van der Waals surface area contributed by atoms with E-state index >= 15 is 0 Å². The highest BCUT2D eigenvalue weighted by Gasteiger charge is 2.23. The maximum atomic E-state index is 11.8. The maximum absolute atomic E-state index is 11.8. The molecule has 0 saturated heterocycles. The summed E-state index contributed by atoms with van der Waals surface area (Å²) in [7, 11) is 0. The summed E-state index contributed by atoms with van der Waals surface area (Å²) in [5.41, 5.74) is 0. The second kappa shape index (κ2) is 10.4. The minimum atomic E-state index is -1.26. The number of carbonyl (C=O) groups excluding carboxylic acids is 2. The van der Waals surface area contributed by atoms with Crippen molar-refractivity contribution < 1.29 is 38.9 Å². The number of aliphatic carboxylic acids is 2. The monoisotopic (exact) mass is 424 g/mol. The lowest BCUT2D eigenvalue weighted by molar-refractivity contribution is -0.139. The lowest BCUT2D eigenvalue weighted by Crippen LogP contribution is -2.12. The quantitative estimate of drug-likeness (QED) is 0.257. The van der Waals surface area contributed by atoms with Gasteiger partial charge in [-0.2, -0.15) is 0 Å². The van der Waals surface area contributed by atoms with E-state index < -0.39 is 29.8 Å². The standard InChI is InChI=1S/C18H16O8S2/c19-15(20)7-9-26-18(24)14-6-5-12(28-14)11(16(21)22)3-1-8-25-17(23)13-4-2-10-27-13/h2,4-7,9-11H,1,3,8H2,(H,19,20)(H,21,22)/b9-7+. The van der Waals surface area contributed by atoms with Crippen LogP contribution in [-0.2, 0) is 19.1 Å². The third-order valence-corrected chi connectivity index (χ3v) is 5.48. The van der Waals surface area contributed by atoms with E-state index in [1.807, 2.05) is 0 Å². The number of hydrogen-bond acceptors (Lipinski definition) is 8. The molecule has 2 heterocycles. The summed E-state index contributed by atoms with van der Waals surface area (Å²) in [6.07, 6.45) is 1.98. The second-order valence-electron chi connectivity index (χ2n) is 5.39. The zero-order valence-corrected chi connectivity index (χ0v) is 16.0. The van der Waals surface area contributed by atoms with Crippen molar-refractivity contribution in [1.29, 1.82) is 0 Å². The average molecular weight is 424 g/mol. The molecule has 0 aliphatic carbocycles. The first kappa shape index (κ1) is 21.3. The normalized spacial score (nSPS) is 11.9. The summed E-state index contributed by atoms with van der Waals surface area (Å²) in [5.74, 6) is -4.40. The van der Waals surface area contributed by atoms with Crippen LogP contribution in [0.2, 0.25) is 0 Å². The molecule has 0 aliphatic heterocycles. The molecular weight excluding hydrogens is 408 g/mol. The molecule has 2 rings (SSSR count). The van der Waals surface area contributed by atoms with E-state index in [0.29, 0.717) is 22.3 Å². The van der Waals surface area contributed by atoms with Crippen LogP contribution >= 0.6 is 22.7 Å². The molecule has 28 heavy (non-hydrogen) atoms. The molecule has 148 valence electrons. The van der Waals surface area contributed by atoms with Crippen LogP contribution in [0.5, 0.6) is 0 Å². The van der Waals surface area contributed by atoms with Crippen molar-refractivity contribution in [2.75, 3.05) is 6.61 Å². The second-order valence-corrected chi connectivity index (χ2v) is 7.46. The van der Waals surface area contributed by atoms with Gasteiger partial charge in [0.05, 0.1) is 18.6 Å². The number of rotatable bonds is 10. The maximum Gasteiger partial charge on any atom is 0.353 e. The molecular formula is C18H16O8S2. The Morgan fingerprint density at radius 1 is 1.07 bits per heavy atom. The SMILES string of the molecule is O=C(O)/C=C/OC(=O)c1ccc(C(CCCOC(=O)c2cccs2)C(=O)O)s1. The minimum Gasteiger partial charge on any atom is -0.481 e. The molecule has 0 amide bonds. The van der Waals surface area contributed by atoms with Gasteiger partial charge in [-0.3, -0.25) is 4.79 Å². The van der Waals surface area contributed by atoms with Crippen LogP contribution in [0.3, 0.4) is 0 Å². The summed E-state index contributed by atoms with van der Waals surface area (Å²) in [4.78, 5) is 46.5. The zero-order chi connectivity index (χ0) is 20.5. The van der Waals surface area contributed by atoms with Crippen molar-refractivity contribution >= 4 is 46.6 Å². The van der Waals surface area contributed by atoms with Crippen molar-refractivity contribution in [3.63, 3.8) is 0 Å². The fourth-order valence-corrected chi connectivity index (χ4v) is 3.80. The molecule has 10 heteroatoms. The molecule has 0 spiro atoms. The summed E-state index contributed by atoms with van der Waals surface area (Å²) in [6, 6.07) is 6.31. The van der Waals surface area contributed by atoms with E-state index in [9.17, 15) is 24.3 Å². The predicted octanol–water partition coefficient (Wildman–Crippen LogP) is 3.37. The molecule has 1 unspecified atom stereocenters. The van der Waals surface area contributed by atoms with Crippen LogP contribution in [0.25, 0.3) is 0 Å². The molecule has 0 bridgehead atoms. The van der Waals surface area contributed by atoms with Gasteiger partial charge in [-0.05, 0) is 36.4 Å². The van der Waals surface area contributed by atoms with Crippen LogP contribution in [-0.4, -0.2) is 40.7 Å². The Kier molecular flexibility index (Phi) is 7.90. The van der Waals surface area contributed by atoms with Crippen molar-refractivity contribution in [3.05, 3.63) is 56.6 Å². The van der Waals surface area contributed by atoms with Gasteiger partial charge in [0.15, 0.2) is 0 Å². The number of ether oxygens (including phenoxy) is 2. The van der Waals surface area contributed by atoms with Gasteiger partial charge in [0.1, 0.15) is 16.0 Å². The van der Waals surface area contributed by atoms with Gasteiger partial charge in [0, 0.05) is 4.88 Å². The van der Waals surface area contributed by atoms with Gasteiger partial charge >= 0.3 is 23.9 Å². The van der Waals surface area contributed by atoms with Crippen LogP contribution in [0.4, 0.5) is 0 Å². The summed E-state index contributed by atoms with van der Waals surface area (Å²) >= 11 is 2.22. The fourth-order valence-electron chi connectivity index (χ4n) is 2.17. The Hall–Kier alpha value is -2.98. The van der Waals surface area contributed by atoms with Gasteiger partial charge < -0.3 is 19.7 Å².